The standard InChI is InChI=1S/C29H21N3O3/c33-29-23(19-21-11-15-27(16-12-21)32(34)35)20-28(22-7-3-1-4-8-22)31(29)26-17-13-25(14-18-26)30-24-9-5-2-6-10-24/h1-20,30H. The molecule has 0 radical (unpaired) electrons. The fraction of sp³-hybridized carbons (Fsp3) is 0. The van der Waals surface area contributed by atoms with Gasteiger partial charge in [-0.1, -0.05) is 48.5 Å². The quantitative estimate of drug-likeness (QED) is 0.195. The minimum Gasteiger partial charge on any atom is -0.356 e. The Labute approximate surface area is 202 Å². The van der Waals surface area contributed by atoms with E-state index in [0.29, 0.717) is 11.1 Å². The van der Waals surface area contributed by atoms with Crippen LogP contribution in [-0.2, 0) is 4.79 Å². The van der Waals surface area contributed by atoms with Gasteiger partial charge < -0.3 is 5.32 Å². The van der Waals surface area contributed by atoms with Crippen molar-refractivity contribution in [3.8, 4) is 0 Å². The van der Waals surface area contributed by atoms with Crippen LogP contribution in [0.2, 0.25) is 0 Å². The first-order valence-electron chi connectivity index (χ1n) is 11.1. The van der Waals surface area contributed by atoms with Crippen LogP contribution in [0.5, 0.6) is 0 Å². The number of nitrogens with zero attached hydrogens (tertiary/aromatic N) is 2. The van der Waals surface area contributed by atoms with Gasteiger partial charge in [0.05, 0.1) is 10.6 Å². The van der Waals surface area contributed by atoms with Gasteiger partial charge in [-0.3, -0.25) is 19.8 Å². The van der Waals surface area contributed by atoms with Crippen molar-refractivity contribution in [2.75, 3.05) is 10.2 Å². The number of hydrogen-bond donors (Lipinski definition) is 1. The van der Waals surface area contributed by atoms with E-state index in [0.717, 1.165) is 28.3 Å². The van der Waals surface area contributed by atoms with Crippen LogP contribution < -0.4 is 10.2 Å². The summed E-state index contributed by atoms with van der Waals surface area (Å²) < 4.78 is 0. The van der Waals surface area contributed by atoms with Crippen LogP contribution >= 0.6 is 0 Å². The minimum atomic E-state index is -0.441. The van der Waals surface area contributed by atoms with Gasteiger partial charge in [-0.05, 0) is 71.8 Å². The third-order valence-electron chi connectivity index (χ3n) is 5.67. The van der Waals surface area contributed by atoms with Crippen LogP contribution in [0, 0.1) is 10.1 Å². The van der Waals surface area contributed by atoms with E-state index in [1.54, 1.807) is 23.1 Å². The van der Waals surface area contributed by atoms with E-state index < -0.39 is 4.92 Å². The molecule has 6 heteroatoms. The first-order valence-corrected chi connectivity index (χ1v) is 11.1. The van der Waals surface area contributed by atoms with E-state index in [9.17, 15) is 14.9 Å². The Balaban J connectivity index is 1.48. The molecule has 1 aliphatic heterocycles. The van der Waals surface area contributed by atoms with Gasteiger partial charge in [-0.25, -0.2) is 0 Å². The number of rotatable bonds is 6. The summed E-state index contributed by atoms with van der Waals surface area (Å²) in [5, 5.41) is 14.3. The number of nitro benzene ring substituents is 1. The van der Waals surface area contributed by atoms with Crippen LogP contribution in [0.15, 0.2) is 121 Å². The molecule has 35 heavy (non-hydrogen) atoms. The zero-order chi connectivity index (χ0) is 24.2. The van der Waals surface area contributed by atoms with E-state index >= 15 is 0 Å². The molecule has 4 aromatic carbocycles. The number of amides is 1. The number of nitro groups is 1. The Morgan fingerprint density at radius 1 is 0.743 bits per heavy atom. The van der Waals surface area contributed by atoms with Gasteiger partial charge in [-0.2, -0.15) is 0 Å². The van der Waals surface area contributed by atoms with E-state index in [4.69, 9.17) is 0 Å². The van der Waals surface area contributed by atoms with Gasteiger partial charge in [0.1, 0.15) is 0 Å². The number of anilines is 3. The molecule has 0 saturated heterocycles. The first kappa shape index (κ1) is 21.9. The topological polar surface area (TPSA) is 75.5 Å². The molecule has 1 amide bonds. The maximum atomic E-state index is 13.5. The van der Waals surface area contributed by atoms with E-state index in [-0.39, 0.29) is 11.6 Å². The van der Waals surface area contributed by atoms with Gasteiger partial charge >= 0.3 is 0 Å². The number of benzene rings is 4. The highest BCUT2D eigenvalue weighted by Gasteiger charge is 2.30. The maximum absolute atomic E-state index is 13.5. The van der Waals surface area contributed by atoms with Gasteiger partial charge in [0.2, 0.25) is 0 Å². The lowest BCUT2D eigenvalue weighted by molar-refractivity contribution is -0.384. The van der Waals surface area contributed by atoms with Gasteiger partial charge in [0.15, 0.2) is 0 Å². The zero-order valence-corrected chi connectivity index (χ0v) is 18.7. The van der Waals surface area contributed by atoms with Crippen molar-refractivity contribution in [2.45, 2.75) is 0 Å². The second kappa shape index (κ2) is 9.49. The molecule has 0 unspecified atom stereocenters. The van der Waals surface area contributed by atoms with Crippen molar-refractivity contribution in [3.63, 3.8) is 0 Å². The van der Waals surface area contributed by atoms with Crippen molar-refractivity contribution < 1.29 is 9.72 Å². The molecule has 0 atom stereocenters. The summed E-state index contributed by atoms with van der Waals surface area (Å²) in [6.07, 6.45) is 3.61. The van der Waals surface area contributed by atoms with Gasteiger partial charge in [0, 0.05) is 34.8 Å². The van der Waals surface area contributed by atoms with Crippen LogP contribution in [0.1, 0.15) is 11.1 Å². The molecule has 4 aromatic rings. The number of carbonyl (C=O) groups excluding carboxylic acids is 1. The summed E-state index contributed by atoms with van der Waals surface area (Å²) in [6.45, 7) is 0. The lowest BCUT2D eigenvalue weighted by Gasteiger charge is -2.21. The van der Waals surface area contributed by atoms with Crippen molar-refractivity contribution in [1.29, 1.82) is 0 Å². The summed E-state index contributed by atoms with van der Waals surface area (Å²) in [7, 11) is 0. The van der Waals surface area contributed by atoms with Gasteiger partial charge in [0.25, 0.3) is 11.6 Å². The summed E-state index contributed by atoms with van der Waals surface area (Å²) in [5.41, 5.74) is 5.56. The van der Waals surface area contributed by atoms with Crippen molar-refractivity contribution in [3.05, 3.63) is 142 Å². The minimum absolute atomic E-state index is 0.0104. The van der Waals surface area contributed by atoms with E-state index in [1.165, 1.54) is 12.1 Å². The summed E-state index contributed by atoms with van der Waals surface area (Å²) in [4.78, 5) is 25.7. The van der Waals surface area contributed by atoms with Crippen molar-refractivity contribution >= 4 is 40.4 Å². The molecule has 0 aliphatic carbocycles. The SMILES string of the molecule is O=C1C(=Cc2ccc([N+](=O)[O-])cc2)C=C(c2ccccc2)N1c1ccc(Nc2ccccc2)cc1. The molecular formula is C29H21N3O3. The molecule has 0 fully saturated rings. The molecule has 1 aliphatic rings. The van der Waals surface area contributed by atoms with Crippen LogP contribution in [0.4, 0.5) is 22.7 Å². The highest BCUT2D eigenvalue weighted by atomic mass is 16.6. The lowest BCUT2D eigenvalue weighted by Crippen LogP contribution is -2.24. The van der Waals surface area contributed by atoms with Crippen LogP contribution in [0.3, 0.4) is 0 Å². The molecule has 6 nitrogen and oxygen atoms in total. The predicted molar refractivity (Wildman–Crippen MR) is 139 cm³/mol. The Kier molecular flexibility index (Phi) is 5.92. The first-order chi connectivity index (χ1) is 17.1. The van der Waals surface area contributed by atoms with E-state index in [1.807, 2.05) is 91.0 Å². The second-order valence-electron chi connectivity index (χ2n) is 8.02. The fourth-order valence-electron chi connectivity index (χ4n) is 3.95. The Hall–Kier alpha value is -4.97. The fourth-order valence-corrected chi connectivity index (χ4v) is 3.95. The molecule has 0 spiro atoms. The molecule has 0 bridgehead atoms. The predicted octanol–water partition coefficient (Wildman–Crippen LogP) is 6.81. The Morgan fingerprint density at radius 2 is 1.34 bits per heavy atom. The average Bonchev–Trinajstić information content (AvgIpc) is 3.21. The Bertz CT molecular complexity index is 1430. The second-order valence-corrected chi connectivity index (χ2v) is 8.02. The van der Waals surface area contributed by atoms with Crippen LogP contribution in [0.25, 0.3) is 11.8 Å². The zero-order valence-electron chi connectivity index (χ0n) is 18.7. The van der Waals surface area contributed by atoms with Crippen LogP contribution in [-0.4, -0.2) is 10.8 Å². The maximum Gasteiger partial charge on any atom is 0.269 e. The Morgan fingerprint density at radius 3 is 1.97 bits per heavy atom. The molecule has 170 valence electrons. The van der Waals surface area contributed by atoms with Crippen molar-refractivity contribution in [1.82, 2.24) is 0 Å². The average molecular weight is 460 g/mol. The summed E-state index contributed by atoms with van der Waals surface area (Å²) in [5.74, 6) is -0.161. The van der Waals surface area contributed by atoms with Crippen molar-refractivity contribution in [2.24, 2.45) is 0 Å². The molecule has 0 aromatic heterocycles. The summed E-state index contributed by atoms with van der Waals surface area (Å²) in [6, 6.07) is 33.5. The highest BCUT2D eigenvalue weighted by molar-refractivity contribution is 6.23. The highest BCUT2D eigenvalue weighted by Crippen LogP contribution is 2.36. The molecule has 1 N–H and O–H groups in total. The number of nitrogens with one attached hydrogen (secondary N) is 1. The molecule has 5 rings (SSSR count). The third-order valence-corrected chi connectivity index (χ3v) is 5.67. The van der Waals surface area contributed by atoms with Gasteiger partial charge in [-0.15, -0.1) is 0 Å². The number of non-ortho nitro benzene ring substituents is 1. The lowest BCUT2D eigenvalue weighted by atomic mass is 10.1. The number of para-hydroxylation sites is 1. The number of carbonyl (C=O) groups is 1. The number of hydrogen-bond acceptors (Lipinski definition) is 4. The molecule has 1 heterocycles. The largest absolute Gasteiger partial charge is 0.356 e. The molecule has 0 saturated carbocycles. The smallest absolute Gasteiger partial charge is 0.269 e. The van der Waals surface area contributed by atoms with E-state index in [2.05, 4.69) is 5.32 Å². The normalized spacial score (nSPS) is 14.2. The molecular weight excluding hydrogens is 438 g/mol. The summed E-state index contributed by atoms with van der Waals surface area (Å²) >= 11 is 0. The third kappa shape index (κ3) is 4.72. The monoisotopic (exact) mass is 459 g/mol.